The van der Waals surface area contributed by atoms with Gasteiger partial charge in [-0.05, 0) is 37.6 Å². The second-order valence-electron chi connectivity index (χ2n) is 4.76. The number of halogens is 1. The number of piperidine rings is 1. The predicted molar refractivity (Wildman–Crippen MR) is 78.4 cm³/mol. The van der Waals surface area contributed by atoms with Crippen molar-refractivity contribution in [3.63, 3.8) is 0 Å². The van der Waals surface area contributed by atoms with E-state index in [0.29, 0.717) is 25.1 Å². The van der Waals surface area contributed by atoms with Crippen LogP contribution in [0, 0.1) is 0 Å². The molecule has 6 heteroatoms. The van der Waals surface area contributed by atoms with Crippen molar-refractivity contribution >= 4 is 27.7 Å². The summed E-state index contributed by atoms with van der Waals surface area (Å²) in [5, 5.41) is 5.62. The minimum absolute atomic E-state index is 0.0174. The van der Waals surface area contributed by atoms with Crippen LogP contribution in [0.4, 0.5) is 0 Å². The number of hydrogen-bond acceptors (Lipinski definition) is 3. The average molecular weight is 341 g/mol. The van der Waals surface area contributed by atoms with Crippen LogP contribution in [0.3, 0.4) is 0 Å². The molecule has 1 saturated heterocycles. The van der Waals surface area contributed by atoms with Crippen LogP contribution in [-0.4, -0.2) is 30.5 Å². The summed E-state index contributed by atoms with van der Waals surface area (Å²) >= 11 is 3.34. The maximum absolute atomic E-state index is 12.0. The Kier molecular flexibility index (Phi) is 5.00. The highest BCUT2D eigenvalue weighted by atomic mass is 79.9. The van der Waals surface area contributed by atoms with Gasteiger partial charge in [-0.3, -0.25) is 9.59 Å². The molecule has 0 aromatic heterocycles. The molecule has 2 rings (SSSR count). The quantitative estimate of drug-likeness (QED) is 0.874. The average Bonchev–Trinajstić information content (AvgIpc) is 2.44. The van der Waals surface area contributed by atoms with Crippen LogP contribution in [0.5, 0.6) is 5.75 Å². The minimum Gasteiger partial charge on any atom is -0.481 e. The molecule has 2 unspecified atom stereocenters. The third-order valence-electron chi connectivity index (χ3n) is 3.11. The Labute approximate surface area is 126 Å². The van der Waals surface area contributed by atoms with Crippen LogP contribution in [0.25, 0.3) is 0 Å². The Hall–Kier alpha value is -1.56. The van der Waals surface area contributed by atoms with E-state index in [-0.39, 0.29) is 17.9 Å². The normalized spacial score (nSPS) is 19.9. The predicted octanol–water partition coefficient (Wildman–Crippen LogP) is 1.61. The summed E-state index contributed by atoms with van der Waals surface area (Å²) in [6, 6.07) is 7.30. The molecule has 5 nitrogen and oxygen atoms in total. The zero-order chi connectivity index (χ0) is 14.5. The summed E-state index contributed by atoms with van der Waals surface area (Å²) in [5.74, 6) is 0.511. The Balaban J connectivity index is 1.82. The molecule has 0 spiro atoms. The molecule has 0 radical (unpaired) electrons. The molecule has 1 aromatic rings. The van der Waals surface area contributed by atoms with E-state index in [0.717, 1.165) is 4.47 Å². The Morgan fingerprint density at radius 2 is 2.15 bits per heavy atom. The second kappa shape index (κ2) is 6.74. The van der Waals surface area contributed by atoms with Crippen molar-refractivity contribution < 1.29 is 14.3 Å². The number of hydrogen-bond donors (Lipinski definition) is 2. The third-order valence-corrected chi connectivity index (χ3v) is 3.64. The highest BCUT2D eigenvalue weighted by Crippen LogP contribution is 2.17. The molecule has 108 valence electrons. The number of carbonyl (C=O) groups excluding carboxylic acids is 2. The largest absolute Gasteiger partial charge is 0.481 e. The lowest BCUT2D eigenvalue weighted by molar-refractivity contribution is -0.129. The number of nitrogens with one attached hydrogen (secondary N) is 2. The minimum atomic E-state index is -0.575. The first-order chi connectivity index (χ1) is 9.54. The van der Waals surface area contributed by atoms with Gasteiger partial charge in [0.15, 0.2) is 6.10 Å². The molecule has 0 aliphatic carbocycles. The third kappa shape index (κ3) is 4.23. The van der Waals surface area contributed by atoms with Gasteiger partial charge in [-0.15, -0.1) is 0 Å². The van der Waals surface area contributed by atoms with Gasteiger partial charge in [0.25, 0.3) is 5.91 Å². The van der Waals surface area contributed by atoms with Gasteiger partial charge in [0.05, 0.1) is 0 Å². The van der Waals surface area contributed by atoms with E-state index in [1.807, 2.05) is 12.1 Å². The summed E-state index contributed by atoms with van der Waals surface area (Å²) in [4.78, 5) is 23.1. The van der Waals surface area contributed by atoms with Crippen LogP contribution in [0.15, 0.2) is 28.7 Å². The van der Waals surface area contributed by atoms with Crippen molar-refractivity contribution in [1.82, 2.24) is 10.6 Å². The van der Waals surface area contributed by atoms with Gasteiger partial charge in [-0.2, -0.15) is 0 Å². The molecule has 2 atom stereocenters. The first kappa shape index (κ1) is 14.8. The van der Waals surface area contributed by atoms with Crippen molar-refractivity contribution in [2.75, 3.05) is 6.54 Å². The number of benzene rings is 1. The Bertz CT molecular complexity index is 480. The fraction of sp³-hybridized carbons (Fsp3) is 0.429. The van der Waals surface area contributed by atoms with Gasteiger partial charge in [0.1, 0.15) is 5.75 Å². The molecule has 20 heavy (non-hydrogen) atoms. The fourth-order valence-corrected chi connectivity index (χ4v) is 2.21. The summed E-state index contributed by atoms with van der Waals surface area (Å²) in [6.07, 6.45) is 0.545. The molecule has 1 fully saturated rings. The maximum Gasteiger partial charge on any atom is 0.261 e. The molecule has 1 aromatic carbocycles. The SMILES string of the molecule is CC(Oc1ccc(Br)cc1)C(=O)NC1CCC(=O)NC1. The molecule has 1 aliphatic heterocycles. The fourth-order valence-electron chi connectivity index (χ4n) is 1.95. The zero-order valence-electron chi connectivity index (χ0n) is 11.2. The molecular formula is C14H17BrN2O3. The van der Waals surface area contributed by atoms with Crippen molar-refractivity contribution in [3.8, 4) is 5.75 Å². The van der Waals surface area contributed by atoms with Crippen molar-refractivity contribution in [2.24, 2.45) is 0 Å². The van der Waals surface area contributed by atoms with E-state index in [1.54, 1.807) is 19.1 Å². The smallest absolute Gasteiger partial charge is 0.261 e. The van der Waals surface area contributed by atoms with E-state index >= 15 is 0 Å². The van der Waals surface area contributed by atoms with Crippen molar-refractivity contribution in [1.29, 1.82) is 0 Å². The van der Waals surface area contributed by atoms with Crippen LogP contribution >= 0.6 is 15.9 Å². The standard InChI is InChI=1S/C14H17BrN2O3/c1-9(20-12-5-2-10(15)3-6-12)14(19)17-11-4-7-13(18)16-8-11/h2-3,5-6,9,11H,4,7-8H2,1H3,(H,16,18)(H,17,19). The number of ether oxygens (including phenoxy) is 1. The second-order valence-corrected chi connectivity index (χ2v) is 5.68. The molecule has 2 amide bonds. The van der Waals surface area contributed by atoms with E-state index in [4.69, 9.17) is 4.74 Å². The van der Waals surface area contributed by atoms with Crippen LogP contribution in [-0.2, 0) is 9.59 Å². The van der Waals surface area contributed by atoms with Crippen LogP contribution < -0.4 is 15.4 Å². The highest BCUT2D eigenvalue weighted by molar-refractivity contribution is 9.10. The number of rotatable bonds is 4. The summed E-state index contributed by atoms with van der Waals surface area (Å²) in [6.45, 7) is 2.19. The molecule has 1 aliphatic rings. The van der Waals surface area contributed by atoms with E-state index in [1.165, 1.54) is 0 Å². The lowest BCUT2D eigenvalue weighted by Gasteiger charge is -2.25. The zero-order valence-corrected chi connectivity index (χ0v) is 12.8. The summed E-state index contributed by atoms with van der Waals surface area (Å²) in [7, 11) is 0. The first-order valence-corrected chi connectivity index (χ1v) is 7.33. The molecule has 2 N–H and O–H groups in total. The summed E-state index contributed by atoms with van der Waals surface area (Å²) in [5.41, 5.74) is 0. The molecular weight excluding hydrogens is 324 g/mol. The van der Waals surface area contributed by atoms with Crippen LogP contribution in [0.1, 0.15) is 19.8 Å². The number of amides is 2. The van der Waals surface area contributed by atoms with Gasteiger partial charge < -0.3 is 15.4 Å². The molecule has 0 bridgehead atoms. The van der Waals surface area contributed by atoms with Gasteiger partial charge in [-0.25, -0.2) is 0 Å². The van der Waals surface area contributed by atoms with Crippen molar-refractivity contribution in [3.05, 3.63) is 28.7 Å². The van der Waals surface area contributed by atoms with E-state index in [9.17, 15) is 9.59 Å². The Morgan fingerprint density at radius 1 is 1.45 bits per heavy atom. The monoisotopic (exact) mass is 340 g/mol. The van der Waals surface area contributed by atoms with Gasteiger partial charge >= 0.3 is 0 Å². The highest BCUT2D eigenvalue weighted by Gasteiger charge is 2.22. The van der Waals surface area contributed by atoms with Gasteiger partial charge in [-0.1, -0.05) is 15.9 Å². The molecule has 1 heterocycles. The van der Waals surface area contributed by atoms with Gasteiger partial charge in [0.2, 0.25) is 5.91 Å². The van der Waals surface area contributed by atoms with Crippen LogP contribution in [0.2, 0.25) is 0 Å². The lowest BCUT2D eigenvalue weighted by atomic mass is 10.1. The van der Waals surface area contributed by atoms with Gasteiger partial charge in [0, 0.05) is 23.5 Å². The first-order valence-electron chi connectivity index (χ1n) is 6.54. The number of carbonyl (C=O) groups is 2. The summed E-state index contributed by atoms with van der Waals surface area (Å²) < 4.78 is 6.53. The molecule has 0 saturated carbocycles. The van der Waals surface area contributed by atoms with E-state index in [2.05, 4.69) is 26.6 Å². The van der Waals surface area contributed by atoms with Crippen molar-refractivity contribution in [2.45, 2.75) is 31.9 Å². The lowest BCUT2D eigenvalue weighted by Crippen LogP contribution is -2.50. The van der Waals surface area contributed by atoms with E-state index < -0.39 is 6.10 Å². The maximum atomic E-state index is 12.0. The topological polar surface area (TPSA) is 67.4 Å². The Morgan fingerprint density at radius 3 is 2.75 bits per heavy atom.